The summed E-state index contributed by atoms with van der Waals surface area (Å²) in [4.78, 5) is 27.5. The number of nitrogens with two attached hydrogens (primary N) is 1. The van der Waals surface area contributed by atoms with E-state index >= 15 is 0 Å². The maximum atomic E-state index is 13.2. The molecule has 4 rings (SSSR count). The van der Waals surface area contributed by atoms with Crippen LogP contribution in [0.25, 0.3) is 0 Å². The summed E-state index contributed by atoms with van der Waals surface area (Å²) >= 11 is 3.17. The number of nitrogens with zero attached hydrogens (tertiary/aromatic N) is 4. The number of carbonyl (C=O) groups is 2. The summed E-state index contributed by atoms with van der Waals surface area (Å²) in [5, 5.41) is 11.9. The van der Waals surface area contributed by atoms with Crippen molar-refractivity contribution in [2.75, 3.05) is 12.3 Å². The Kier molecular flexibility index (Phi) is 8.76. The van der Waals surface area contributed by atoms with E-state index in [0.29, 0.717) is 19.1 Å². The summed E-state index contributed by atoms with van der Waals surface area (Å²) in [5.41, 5.74) is 6.38. The number of aromatic nitrogens is 3. The predicted octanol–water partition coefficient (Wildman–Crippen LogP) is 4.43. The second kappa shape index (κ2) is 12.2. The molecule has 1 fully saturated rings. The maximum Gasteiger partial charge on any atom is 0.233 e. The molecule has 1 aromatic carbocycles. The molecular weight excluding hydrogens is 466 g/mol. The molecular formula is C25H31N5O2S2. The molecule has 0 spiro atoms. The number of rotatable bonds is 11. The van der Waals surface area contributed by atoms with Crippen molar-refractivity contribution in [2.45, 2.75) is 62.7 Å². The maximum absolute atomic E-state index is 13.2. The number of thiophene rings is 1. The molecule has 1 saturated carbocycles. The lowest BCUT2D eigenvalue weighted by atomic mass is 9.95. The van der Waals surface area contributed by atoms with Crippen molar-refractivity contribution in [1.82, 2.24) is 19.7 Å². The van der Waals surface area contributed by atoms with E-state index in [2.05, 4.69) is 32.3 Å². The number of benzene rings is 1. The SMILES string of the molecule is NC(=O)CCN(Cc1ccccc1)C(=O)CSc1nnc(Cc2cccs2)n1C1CCCCC1. The van der Waals surface area contributed by atoms with Crippen LogP contribution < -0.4 is 5.73 Å². The number of hydrogen-bond acceptors (Lipinski definition) is 6. The van der Waals surface area contributed by atoms with Crippen LogP contribution in [0.2, 0.25) is 0 Å². The Balaban J connectivity index is 1.48. The fraction of sp³-hybridized carbons (Fsp3) is 0.440. The fourth-order valence-corrected chi connectivity index (χ4v) is 5.99. The number of thioether (sulfide) groups is 1. The molecule has 2 heterocycles. The summed E-state index contributed by atoms with van der Waals surface area (Å²) in [6.45, 7) is 0.759. The Bertz CT molecular complexity index is 1060. The normalized spacial score (nSPS) is 14.2. The third-order valence-electron chi connectivity index (χ3n) is 6.11. The van der Waals surface area contributed by atoms with Crippen LogP contribution in [0.1, 0.15) is 60.8 Å². The van der Waals surface area contributed by atoms with Gasteiger partial charge in [0.15, 0.2) is 5.16 Å². The van der Waals surface area contributed by atoms with Crippen molar-refractivity contribution in [2.24, 2.45) is 5.73 Å². The highest BCUT2D eigenvalue weighted by Gasteiger charge is 2.24. The largest absolute Gasteiger partial charge is 0.370 e. The minimum Gasteiger partial charge on any atom is -0.370 e. The topological polar surface area (TPSA) is 94.1 Å². The second-order valence-corrected chi connectivity index (χ2v) is 10.6. The summed E-state index contributed by atoms with van der Waals surface area (Å²) in [7, 11) is 0. The van der Waals surface area contributed by atoms with Gasteiger partial charge in [-0.05, 0) is 29.9 Å². The molecule has 7 nitrogen and oxygen atoms in total. The van der Waals surface area contributed by atoms with Crippen LogP contribution >= 0.6 is 23.1 Å². The molecule has 0 saturated heterocycles. The quantitative estimate of drug-likeness (QED) is 0.396. The van der Waals surface area contributed by atoms with Crippen molar-refractivity contribution < 1.29 is 9.59 Å². The van der Waals surface area contributed by atoms with Gasteiger partial charge in [0.2, 0.25) is 11.8 Å². The van der Waals surface area contributed by atoms with E-state index < -0.39 is 5.91 Å². The highest BCUT2D eigenvalue weighted by Crippen LogP contribution is 2.33. The average molecular weight is 498 g/mol. The van der Waals surface area contributed by atoms with Gasteiger partial charge in [-0.2, -0.15) is 0 Å². The summed E-state index contributed by atoms with van der Waals surface area (Å²) < 4.78 is 2.28. The minimum absolute atomic E-state index is 0.0342. The van der Waals surface area contributed by atoms with E-state index in [1.807, 2.05) is 30.3 Å². The molecule has 1 aliphatic carbocycles. The van der Waals surface area contributed by atoms with Gasteiger partial charge in [-0.25, -0.2) is 0 Å². The monoisotopic (exact) mass is 497 g/mol. The van der Waals surface area contributed by atoms with Crippen LogP contribution in [-0.2, 0) is 22.6 Å². The van der Waals surface area contributed by atoms with E-state index in [-0.39, 0.29) is 18.1 Å². The summed E-state index contributed by atoms with van der Waals surface area (Å²) in [5.74, 6) is 0.774. The molecule has 0 bridgehead atoms. The molecule has 9 heteroatoms. The Morgan fingerprint density at radius 1 is 1.09 bits per heavy atom. The lowest BCUT2D eigenvalue weighted by Crippen LogP contribution is -2.35. The van der Waals surface area contributed by atoms with Crippen molar-refractivity contribution >= 4 is 34.9 Å². The van der Waals surface area contributed by atoms with Crippen LogP contribution in [0, 0.1) is 0 Å². The first-order valence-corrected chi connectivity index (χ1v) is 13.7. The van der Waals surface area contributed by atoms with Gasteiger partial charge in [-0.15, -0.1) is 21.5 Å². The predicted molar refractivity (Wildman–Crippen MR) is 136 cm³/mol. The van der Waals surface area contributed by atoms with Crippen LogP contribution in [-0.4, -0.2) is 43.8 Å². The minimum atomic E-state index is -0.409. The smallest absolute Gasteiger partial charge is 0.233 e. The van der Waals surface area contributed by atoms with Gasteiger partial charge in [0.05, 0.1) is 5.75 Å². The van der Waals surface area contributed by atoms with Crippen molar-refractivity contribution in [3.8, 4) is 0 Å². The van der Waals surface area contributed by atoms with E-state index in [1.165, 1.54) is 35.9 Å². The molecule has 1 aliphatic rings. The van der Waals surface area contributed by atoms with Crippen LogP contribution in [0.15, 0.2) is 53.0 Å². The van der Waals surface area contributed by atoms with E-state index in [1.54, 1.807) is 16.2 Å². The zero-order valence-electron chi connectivity index (χ0n) is 19.3. The van der Waals surface area contributed by atoms with Crippen LogP contribution in [0.5, 0.6) is 0 Å². The fourth-order valence-electron chi connectivity index (χ4n) is 4.36. The molecule has 0 radical (unpaired) electrons. The zero-order chi connectivity index (χ0) is 23.8. The first-order valence-electron chi connectivity index (χ1n) is 11.8. The van der Waals surface area contributed by atoms with E-state index in [9.17, 15) is 9.59 Å². The molecule has 0 unspecified atom stereocenters. The zero-order valence-corrected chi connectivity index (χ0v) is 20.9. The Labute approximate surface area is 208 Å². The van der Waals surface area contributed by atoms with E-state index in [4.69, 9.17) is 5.73 Å². The Hall–Kier alpha value is -2.65. The third-order valence-corrected chi connectivity index (χ3v) is 7.91. The first kappa shape index (κ1) is 24.5. The molecule has 0 atom stereocenters. The molecule has 2 aromatic heterocycles. The lowest BCUT2D eigenvalue weighted by molar-refractivity contribution is -0.129. The number of carbonyl (C=O) groups excluding carboxylic acids is 2. The Morgan fingerprint density at radius 3 is 2.59 bits per heavy atom. The van der Waals surface area contributed by atoms with E-state index in [0.717, 1.165) is 35.8 Å². The average Bonchev–Trinajstić information content (AvgIpc) is 3.51. The molecule has 2 N–H and O–H groups in total. The van der Waals surface area contributed by atoms with Gasteiger partial charge < -0.3 is 15.2 Å². The van der Waals surface area contributed by atoms with Gasteiger partial charge in [-0.1, -0.05) is 67.4 Å². The second-order valence-electron chi connectivity index (χ2n) is 8.62. The van der Waals surface area contributed by atoms with Gasteiger partial charge in [0.1, 0.15) is 5.82 Å². The highest BCUT2D eigenvalue weighted by molar-refractivity contribution is 7.99. The van der Waals surface area contributed by atoms with Gasteiger partial charge >= 0.3 is 0 Å². The third kappa shape index (κ3) is 6.70. The highest BCUT2D eigenvalue weighted by atomic mass is 32.2. The van der Waals surface area contributed by atoms with Gasteiger partial charge in [0.25, 0.3) is 0 Å². The molecule has 34 heavy (non-hydrogen) atoms. The van der Waals surface area contributed by atoms with Crippen molar-refractivity contribution in [3.63, 3.8) is 0 Å². The number of primary amides is 1. The standard InChI is InChI=1S/C25H31N5O2S2/c26-22(31)13-14-29(17-19-8-3-1-4-9-19)24(32)18-34-25-28-27-23(16-21-12-7-15-33-21)30(25)20-10-5-2-6-11-20/h1,3-4,7-9,12,15,20H,2,5-6,10-11,13-14,16-18H2,(H2,26,31). The molecule has 2 amide bonds. The number of amides is 2. The van der Waals surface area contributed by atoms with Gasteiger partial charge in [0, 0.05) is 36.9 Å². The van der Waals surface area contributed by atoms with Crippen molar-refractivity contribution in [3.05, 3.63) is 64.1 Å². The summed E-state index contributed by atoms with van der Waals surface area (Å²) in [6.07, 6.45) is 6.84. The van der Waals surface area contributed by atoms with Crippen molar-refractivity contribution in [1.29, 1.82) is 0 Å². The first-order chi connectivity index (χ1) is 16.6. The van der Waals surface area contributed by atoms with Gasteiger partial charge in [-0.3, -0.25) is 9.59 Å². The Morgan fingerprint density at radius 2 is 1.88 bits per heavy atom. The van der Waals surface area contributed by atoms with Crippen LogP contribution in [0.3, 0.4) is 0 Å². The molecule has 180 valence electrons. The molecule has 3 aromatic rings. The summed E-state index contributed by atoms with van der Waals surface area (Å²) in [6, 6.07) is 14.4. The molecule has 0 aliphatic heterocycles. The van der Waals surface area contributed by atoms with Crippen LogP contribution in [0.4, 0.5) is 0 Å². The lowest BCUT2D eigenvalue weighted by Gasteiger charge is -2.26. The number of hydrogen-bond donors (Lipinski definition) is 1.